The van der Waals surface area contributed by atoms with Crippen molar-refractivity contribution in [3.05, 3.63) is 16.1 Å². The Bertz CT molecular complexity index is 353. The van der Waals surface area contributed by atoms with Crippen molar-refractivity contribution < 1.29 is 4.74 Å². The molecule has 4 heteroatoms. The second-order valence-corrected chi connectivity index (χ2v) is 6.09. The fourth-order valence-electron chi connectivity index (χ4n) is 2.71. The number of rotatable bonds is 5. The lowest BCUT2D eigenvalue weighted by molar-refractivity contribution is 0.0123. The second kappa shape index (κ2) is 7.22. The minimum atomic E-state index is 0.380. The lowest BCUT2D eigenvalue weighted by Crippen LogP contribution is -2.30. The van der Waals surface area contributed by atoms with Crippen LogP contribution in [0.25, 0.3) is 0 Å². The Balaban J connectivity index is 1.79. The Morgan fingerprint density at radius 3 is 2.94 bits per heavy atom. The highest BCUT2D eigenvalue weighted by Crippen LogP contribution is 2.25. The van der Waals surface area contributed by atoms with Gasteiger partial charge in [-0.25, -0.2) is 4.98 Å². The number of nitrogens with two attached hydrogens (primary N) is 1. The molecule has 1 fully saturated rings. The molecule has 102 valence electrons. The zero-order valence-electron chi connectivity index (χ0n) is 11.2. The van der Waals surface area contributed by atoms with Crippen molar-refractivity contribution in [1.29, 1.82) is 0 Å². The monoisotopic (exact) mass is 268 g/mol. The highest BCUT2D eigenvalue weighted by atomic mass is 32.1. The zero-order valence-corrected chi connectivity index (χ0v) is 12.0. The van der Waals surface area contributed by atoms with Crippen molar-refractivity contribution in [2.75, 3.05) is 13.2 Å². The SMILES string of the molecule is Cc1ncsc1CCOC1CCCCCC1CN. The molecule has 0 aromatic carbocycles. The number of ether oxygens (including phenoxy) is 1. The first-order valence-corrected chi connectivity index (χ1v) is 7.90. The molecule has 0 aliphatic heterocycles. The van der Waals surface area contributed by atoms with Crippen molar-refractivity contribution in [2.45, 2.75) is 51.6 Å². The average Bonchev–Trinajstić information content (AvgIpc) is 2.65. The molecule has 0 radical (unpaired) electrons. The van der Waals surface area contributed by atoms with Gasteiger partial charge >= 0.3 is 0 Å². The summed E-state index contributed by atoms with van der Waals surface area (Å²) < 4.78 is 6.09. The molecule has 0 amide bonds. The van der Waals surface area contributed by atoms with Crippen molar-refractivity contribution in [2.24, 2.45) is 11.7 Å². The summed E-state index contributed by atoms with van der Waals surface area (Å²) in [7, 11) is 0. The molecule has 2 N–H and O–H groups in total. The van der Waals surface area contributed by atoms with Crippen LogP contribution in [0.4, 0.5) is 0 Å². The van der Waals surface area contributed by atoms with Gasteiger partial charge in [-0.3, -0.25) is 0 Å². The molecule has 0 spiro atoms. The topological polar surface area (TPSA) is 48.1 Å². The minimum absolute atomic E-state index is 0.380. The molecule has 2 rings (SSSR count). The minimum Gasteiger partial charge on any atom is -0.378 e. The van der Waals surface area contributed by atoms with Crippen molar-refractivity contribution in [3.63, 3.8) is 0 Å². The Hall–Kier alpha value is -0.450. The molecule has 2 unspecified atom stereocenters. The summed E-state index contributed by atoms with van der Waals surface area (Å²) in [4.78, 5) is 5.63. The van der Waals surface area contributed by atoms with Gasteiger partial charge in [0.2, 0.25) is 0 Å². The number of aryl methyl sites for hydroxylation is 1. The molecule has 1 aliphatic carbocycles. The summed E-state index contributed by atoms with van der Waals surface area (Å²) in [6.45, 7) is 3.65. The van der Waals surface area contributed by atoms with E-state index in [1.807, 2.05) is 5.51 Å². The van der Waals surface area contributed by atoms with E-state index in [4.69, 9.17) is 10.5 Å². The number of aromatic nitrogens is 1. The van der Waals surface area contributed by atoms with Gasteiger partial charge in [-0.15, -0.1) is 11.3 Å². The van der Waals surface area contributed by atoms with E-state index in [0.29, 0.717) is 12.0 Å². The van der Waals surface area contributed by atoms with Crippen LogP contribution in [0.5, 0.6) is 0 Å². The van der Waals surface area contributed by atoms with Crippen LogP contribution < -0.4 is 5.73 Å². The van der Waals surface area contributed by atoms with Crippen LogP contribution in [0.2, 0.25) is 0 Å². The van der Waals surface area contributed by atoms with E-state index in [9.17, 15) is 0 Å². The van der Waals surface area contributed by atoms with Crippen LogP contribution in [-0.4, -0.2) is 24.2 Å². The predicted molar refractivity (Wildman–Crippen MR) is 75.9 cm³/mol. The van der Waals surface area contributed by atoms with Gasteiger partial charge in [-0.05, 0) is 32.2 Å². The third kappa shape index (κ3) is 3.77. The zero-order chi connectivity index (χ0) is 12.8. The van der Waals surface area contributed by atoms with Gasteiger partial charge < -0.3 is 10.5 Å². The standard InChI is InChI=1S/C14H24N2OS/c1-11-14(18-10-16-11)7-8-17-13-6-4-2-3-5-12(13)9-15/h10,12-13H,2-9,15H2,1H3. The molecule has 1 saturated carbocycles. The molecule has 1 aromatic heterocycles. The van der Waals surface area contributed by atoms with Crippen LogP contribution >= 0.6 is 11.3 Å². The highest BCUT2D eigenvalue weighted by molar-refractivity contribution is 7.09. The summed E-state index contributed by atoms with van der Waals surface area (Å²) >= 11 is 1.73. The van der Waals surface area contributed by atoms with Gasteiger partial charge in [-0.1, -0.05) is 19.3 Å². The first-order chi connectivity index (χ1) is 8.81. The smallest absolute Gasteiger partial charge is 0.0797 e. The Labute approximate surface area is 114 Å². The number of nitrogens with zero attached hydrogens (tertiary/aromatic N) is 1. The van der Waals surface area contributed by atoms with Gasteiger partial charge in [-0.2, -0.15) is 0 Å². The molecule has 1 heterocycles. The van der Waals surface area contributed by atoms with E-state index in [2.05, 4.69) is 11.9 Å². The van der Waals surface area contributed by atoms with Gasteiger partial charge in [0.05, 0.1) is 23.9 Å². The van der Waals surface area contributed by atoms with Gasteiger partial charge in [0, 0.05) is 11.3 Å². The van der Waals surface area contributed by atoms with Gasteiger partial charge in [0.25, 0.3) is 0 Å². The number of thiazole rings is 1. The molecule has 1 aliphatic rings. The Kier molecular flexibility index (Phi) is 5.60. The third-order valence-corrected chi connectivity index (χ3v) is 4.89. The van der Waals surface area contributed by atoms with Crippen LogP contribution in [0.3, 0.4) is 0 Å². The molecule has 3 nitrogen and oxygen atoms in total. The van der Waals surface area contributed by atoms with Gasteiger partial charge in [0.1, 0.15) is 0 Å². The summed E-state index contributed by atoms with van der Waals surface area (Å²) in [6, 6.07) is 0. The lowest BCUT2D eigenvalue weighted by atomic mass is 9.97. The quantitative estimate of drug-likeness (QED) is 0.835. The van der Waals surface area contributed by atoms with E-state index >= 15 is 0 Å². The second-order valence-electron chi connectivity index (χ2n) is 5.15. The number of hydrogen-bond donors (Lipinski definition) is 1. The fraction of sp³-hybridized carbons (Fsp3) is 0.786. The summed E-state index contributed by atoms with van der Waals surface area (Å²) in [6.07, 6.45) is 7.74. The molecular weight excluding hydrogens is 244 g/mol. The van der Waals surface area contributed by atoms with Crippen molar-refractivity contribution >= 4 is 11.3 Å². The number of hydrogen-bond acceptors (Lipinski definition) is 4. The molecular formula is C14H24N2OS. The normalized spacial score (nSPS) is 25.0. The molecule has 0 saturated heterocycles. The molecule has 0 bridgehead atoms. The van der Waals surface area contributed by atoms with E-state index in [-0.39, 0.29) is 0 Å². The van der Waals surface area contributed by atoms with Crippen LogP contribution in [0, 0.1) is 12.8 Å². The van der Waals surface area contributed by atoms with Crippen molar-refractivity contribution in [1.82, 2.24) is 4.98 Å². The first kappa shape index (κ1) is 14.0. The lowest BCUT2D eigenvalue weighted by Gasteiger charge is -2.24. The van der Waals surface area contributed by atoms with E-state index in [0.717, 1.165) is 25.3 Å². The first-order valence-electron chi connectivity index (χ1n) is 7.02. The van der Waals surface area contributed by atoms with E-state index in [1.54, 1.807) is 11.3 Å². The Morgan fingerprint density at radius 1 is 1.39 bits per heavy atom. The average molecular weight is 268 g/mol. The molecule has 1 aromatic rings. The van der Waals surface area contributed by atoms with Crippen molar-refractivity contribution in [3.8, 4) is 0 Å². The van der Waals surface area contributed by atoms with Crippen LogP contribution in [-0.2, 0) is 11.2 Å². The molecule has 18 heavy (non-hydrogen) atoms. The maximum atomic E-state index is 6.09. The van der Waals surface area contributed by atoms with Crippen LogP contribution in [0.1, 0.15) is 42.7 Å². The van der Waals surface area contributed by atoms with E-state index in [1.165, 1.54) is 37.0 Å². The van der Waals surface area contributed by atoms with Gasteiger partial charge in [0.15, 0.2) is 0 Å². The predicted octanol–water partition coefficient (Wildman–Crippen LogP) is 2.92. The molecule has 2 atom stereocenters. The van der Waals surface area contributed by atoms with E-state index < -0.39 is 0 Å². The maximum absolute atomic E-state index is 6.09. The Morgan fingerprint density at radius 2 is 2.22 bits per heavy atom. The largest absolute Gasteiger partial charge is 0.378 e. The maximum Gasteiger partial charge on any atom is 0.0797 e. The summed E-state index contributed by atoms with van der Waals surface area (Å²) in [5.74, 6) is 0.565. The fourth-order valence-corrected chi connectivity index (χ4v) is 3.47. The highest BCUT2D eigenvalue weighted by Gasteiger charge is 2.23. The van der Waals surface area contributed by atoms with Crippen LogP contribution in [0.15, 0.2) is 5.51 Å². The summed E-state index contributed by atoms with van der Waals surface area (Å²) in [5, 5.41) is 0. The summed E-state index contributed by atoms with van der Waals surface area (Å²) in [5.41, 5.74) is 8.93. The third-order valence-electron chi connectivity index (χ3n) is 3.90.